The zero-order valence-electron chi connectivity index (χ0n) is 16.8. The molecule has 156 valence electrons. The molecule has 0 saturated carbocycles. The van der Waals surface area contributed by atoms with E-state index in [9.17, 15) is 9.18 Å². The molecule has 1 saturated heterocycles. The van der Waals surface area contributed by atoms with Crippen molar-refractivity contribution in [3.05, 3.63) is 46.2 Å². The molecule has 1 aliphatic rings. The van der Waals surface area contributed by atoms with Gasteiger partial charge < -0.3 is 5.32 Å². The van der Waals surface area contributed by atoms with Gasteiger partial charge in [0, 0.05) is 32.2 Å². The van der Waals surface area contributed by atoms with Gasteiger partial charge in [0.1, 0.15) is 11.6 Å². The molecular weight excluding hydrogens is 391 g/mol. The normalized spacial score (nSPS) is 16.0. The Bertz CT molecular complexity index is 896. The Morgan fingerprint density at radius 1 is 1.21 bits per heavy atom. The molecular formula is C20H27FN6OS. The molecule has 3 rings (SSSR count). The Hall–Kier alpha value is -2.36. The number of H-pyrrole nitrogens is 1. The number of nitrogens with zero attached hydrogens (tertiary/aromatic N) is 4. The van der Waals surface area contributed by atoms with Crippen molar-refractivity contribution in [2.45, 2.75) is 26.6 Å². The lowest BCUT2D eigenvalue weighted by molar-refractivity contribution is -0.123. The van der Waals surface area contributed by atoms with Gasteiger partial charge in [-0.05, 0) is 49.8 Å². The molecule has 0 aliphatic carbocycles. The third kappa shape index (κ3) is 6.59. The van der Waals surface area contributed by atoms with Gasteiger partial charge >= 0.3 is 0 Å². The molecule has 7 nitrogen and oxygen atoms in total. The standard InChI is InChI=1S/C20H27FN6OS/c1-15(2)22-19(28)13-25-9-11-26(12-10-25)14-27-20(29)23-18(24-27)8-5-16-3-6-17(21)7-4-16/h3-8,15H,9-14H2,1-2H3,(H,22,28)(H,23,24,29)/b8-5+. The second-order valence-corrected chi connectivity index (χ2v) is 7.83. The van der Waals surface area contributed by atoms with Crippen molar-refractivity contribution in [3.63, 3.8) is 0 Å². The van der Waals surface area contributed by atoms with Gasteiger partial charge in [0.05, 0.1) is 13.2 Å². The van der Waals surface area contributed by atoms with E-state index in [1.165, 1.54) is 12.1 Å². The lowest BCUT2D eigenvalue weighted by Crippen LogP contribution is -2.50. The largest absolute Gasteiger partial charge is 0.353 e. The van der Waals surface area contributed by atoms with E-state index in [-0.39, 0.29) is 17.8 Å². The first-order chi connectivity index (χ1) is 13.9. The van der Waals surface area contributed by atoms with Crippen LogP contribution in [0, 0.1) is 10.6 Å². The van der Waals surface area contributed by atoms with Gasteiger partial charge in [-0.2, -0.15) is 4.98 Å². The van der Waals surface area contributed by atoms with Crippen LogP contribution in [0.3, 0.4) is 0 Å². The molecule has 9 heteroatoms. The fourth-order valence-corrected chi connectivity index (χ4v) is 3.36. The number of carbonyl (C=O) groups excluding carboxylic acids is 1. The van der Waals surface area contributed by atoms with Crippen LogP contribution in [-0.4, -0.2) is 69.2 Å². The van der Waals surface area contributed by atoms with Crippen LogP contribution >= 0.6 is 12.2 Å². The van der Waals surface area contributed by atoms with E-state index in [1.54, 1.807) is 12.1 Å². The van der Waals surface area contributed by atoms with Gasteiger partial charge in [-0.3, -0.25) is 19.7 Å². The van der Waals surface area contributed by atoms with Gasteiger partial charge in [0.25, 0.3) is 0 Å². The highest BCUT2D eigenvalue weighted by Crippen LogP contribution is 2.08. The van der Waals surface area contributed by atoms with Crippen LogP contribution in [-0.2, 0) is 11.5 Å². The van der Waals surface area contributed by atoms with Crippen LogP contribution in [0.5, 0.6) is 0 Å². The average Bonchev–Trinajstić information content (AvgIpc) is 3.01. The number of amides is 1. The van der Waals surface area contributed by atoms with Crippen LogP contribution in [0.2, 0.25) is 0 Å². The highest BCUT2D eigenvalue weighted by atomic mass is 32.1. The lowest BCUT2D eigenvalue weighted by Gasteiger charge is -2.34. The van der Waals surface area contributed by atoms with E-state index in [4.69, 9.17) is 12.2 Å². The molecule has 1 fully saturated rings. The third-order valence-electron chi connectivity index (χ3n) is 4.62. The summed E-state index contributed by atoms with van der Waals surface area (Å²) in [6.07, 6.45) is 3.68. The Morgan fingerprint density at radius 3 is 2.52 bits per heavy atom. The van der Waals surface area contributed by atoms with E-state index < -0.39 is 0 Å². The minimum atomic E-state index is -0.258. The van der Waals surface area contributed by atoms with Crippen molar-refractivity contribution in [1.82, 2.24) is 29.9 Å². The predicted molar refractivity (Wildman–Crippen MR) is 114 cm³/mol. The minimum Gasteiger partial charge on any atom is -0.353 e. The van der Waals surface area contributed by atoms with Crippen molar-refractivity contribution >= 4 is 30.3 Å². The highest BCUT2D eigenvalue weighted by Gasteiger charge is 2.19. The van der Waals surface area contributed by atoms with Crippen molar-refractivity contribution in [3.8, 4) is 0 Å². The molecule has 2 aromatic rings. The van der Waals surface area contributed by atoms with Crippen LogP contribution in [0.15, 0.2) is 24.3 Å². The van der Waals surface area contributed by atoms with Gasteiger partial charge in [0.15, 0.2) is 0 Å². The topological polar surface area (TPSA) is 69.2 Å². The van der Waals surface area contributed by atoms with Crippen molar-refractivity contribution in [2.24, 2.45) is 0 Å². The average molecular weight is 419 g/mol. The number of rotatable bonds is 7. The number of aromatic nitrogens is 3. The molecule has 0 atom stereocenters. The predicted octanol–water partition coefficient (Wildman–Crippen LogP) is 2.35. The number of aromatic amines is 1. The second-order valence-electron chi connectivity index (χ2n) is 7.46. The number of halogens is 1. The third-order valence-corrected chi connectivity index (χ3v) is 4.94. The highest BCUT2D eigenvalue weighted by molar-refractivity contribution is 7.71. The molecule has 1 aromatic carbocycles. The maximum atomic E-state index is 13.0. The molecule has 0 bridgehead atoms. The van der Waals surface area contributed by atoms with Crippen molar-refractivity contribution in [2.75, 3.05) is 32.7 Å². The summed E-state index contributed by atoms with van der Waals surface area (Å²) in [5, 5.41) is 6.12. The molecule has 1 aromatic heterocycles. The number of carbonyl (C=O) groups is 1. The molecule has 0 unspecified atom stereocenters. The summed E-state index contributed by atoms with van der Waals surface area (Å²) < 4.78 is 15.3. The van der Waals surface area contributed by atoms with Gasteiger partial charge in [-0.1, -0.05) is 18.2 Å². The number of piperazine rings is 1. The molecule has 2 N–H and O–H groups in total. The zero-order chi connectivity index (χ0) is 20.8. The van der Waals surface area contributed by atoms with E-state index in [1.807, 2.05) is 30.7 Å². The Balaban J connectivity index is 1.51. The summed E-state index contributed by atoms with van der Waals surface area (Å²) in [7, 11) is 0. The van der Waals surface area contributed by atoms with Crippen LogP contribution < -0.4 is 5.32 Å². The summed E-state index contributed by atoms with van der Waals surface area (Å²) in [5.41, 5.74) is 0.887. The Morgan fingerprint density at radius 2 is 1.86 bits per heavy atom. The molecule has 2 heterocycles. The summed E-state index contributed by atoms with van der Waals surface area (Å²) in [6.45, 7) is 8.39. The second kappa shape index (κ2) is 9.91. The summed E-state index contributed by atoms with van der Waals surface area (Å²) >= 11 is 5.36. The van der Waals surface area contributed by atoms with E-state index >= 15 is 0 Å². The Labute approximate surface area is 175 Å². The van der Waals surface area contributed by atoms with E-state index in [0.717, 1.165) is 31.7 Å². The van der Waals surface area contributed by atoms with Crippen LogP contribution in [0.1, 0.15) is 25.2 Å². The van der Waals surface area contributed by atoms with Gasteiger partial charge in [-0.25, -0.2) is 9.07 Å². The smallest absolute Gasteiger partial charge is 0.234 e. The SMILES string of the molecule is CC(C)NC(=O)CN1CCN(Cn2[nH]c(/C=C/c3ccc(F)cc3)nc2=S)CC1. The van der Waals surface area contributed by atoms with Crippen molar-refractivity contribution in [1.29, 1.82) is 0 Å². The first kappa shape index (κ1) is 21.4. The number of hydrogen-bond acceptors (Lipinski definition) is 5. The molecule has 1 aliphatic heterocycles. The first-order valence-electron chi connectivity index (χ1n) is 9.73. The fourth-order valence-electron chi connectivity index (χ4n) is 3.15. The summed E-state index contributed by atoms with van der Waals surface area (Å²) in [6, 6.07) is 6.42. The summed E-state index contributed by atoms with van der Waals surface area (Å²) in [5.74, 6) is 0.469. The van der Waals surface area contributed by atoms with E-state index in [2.05, 4.69) is 25.2 Å². The van der Waals surface area contributed by atoms with Crippen molar-refractivity contribution < 1.29 is 9.18 Å². The maximum absolute atomic E-state index is 13.0. The van der Waals surface area contributed by atoms with Crippen LogP contribution in [0.25, 0.3) is 12.2 Å². The van der Waals surface area contributed by atoms with E-state index in [0.29, 0.717) is 23.8 Å². The number of nitrogens with one attached hydrogen (secondary N) is 2. The molecule has 1 amide bonds. The first-order valence-corrected chi connectivity index (χ1v) is 10.1. The monoisotopic (exact) mass is 418 g/mol. The zero-order valence-corrected chi connectivity index (χ0v) is 17.6. The molecule has 29 heavy (non-hydrogen) atoms. The fraction of sp³-hybridized carbons (Fsp3) is 0.450. The summed E-state index contributed by atoms with van der Waals surface area (Å²) in [4.78, 5) is 20.7. The number of benzene rings is 1. The quantitative estimate of drug-likeness (QED) is 0.676. The minimum absolute atomic E-state index is 0.0711. The molecule has 0 spiro atoms. The van der Waals surface area contributed by atoms with Gasteiger partial charge in [-0.15, -0.1) is 0 Å². The number of hydrogen-bond donors (Lipinski definition) is 2. The molecule has 0 radical (unpaired) electrons. The van der Waals surface area contributed by atoms with Crippen LogP contribution in [0.4, 0.5) is 4.39 Å². The maximum Gasteiger partial charge on any atom is 0.234 e. The van der Waals surface area contributed by atoms with Gasteiger partial charge in [0.2, 0.25) is 10.7 Å². The lowest BCUT2D eigenvalue weighted by atomic mass is 10.2. The Kier molecular flexibility index (Phi) is 7.29.